The van der Waals surface area contributed by atoms with Gasteiger partial charge in [0.25, 0.3) is 0 Å². The lowest BCUT2D eigenvalue weighted by atomic mass is 10.1. The van der Waals surface area contributed by atoms with Gasteiger partial charge in [0.05, 0.1) is 12.0 Å². The Balaban J connectivity index is 2.00. The van der Waals surface area contributed by atoms with Crippen molar-refractivity contribution in [3.63, 3.8) is 0 Å². The molecule has 2 amide bonds. The molecule has 1 aromatic rings. The number of hydrogen-bond donors (Lipinski definition) is 2. The van der Waals surface area contributed by atoms with Crippen molar-refractivity contribution in [2.24, 2.45) is 5.92 Å². The summed E-state index contributed by atoms with van der Waals surface area (Å²) in [6.07, 6.45) is 2.51. The van der Waals surface area contributed by atoms with Crippen molar-refractivity contribution >= 4 is 17.8 Å². The summed E-state index contributed by atoms with van der Waals surface area (Å²) in [4.78, 5) is 37.6. The zero-order valence-corrected chi connectivity index (χ0v) is 14.4. The number of carboxylic acid groups (broad SMARTS) is 1. The number of allylic oxidation sites excluding steroid dienone is 1. The average molecular weight is 344 g/mol. The van der Waals surface area contributed by atoms with E-state index < -0.39 is 17.9 Å². The van der Waals surface area contributed by atoms with Crippen molar-refractivity contribution in [2.75, 3.05) is 6.54 Å². The van der Waals surface area contributed by atoms with E-state index in [2.05, 4.69) is 11.9 Å². The zero-order valence-electron chi connectivity index (χ0n) is 14.4. The predicted molar refractivity (Wildman–Crippen MR) is 93.7 cm³/mol. The number of carbonyl (C=O) groups is 3. The van der Waals surface area contributed by atoms with Crippen LogP contribution >= 0.6 is 0 Å². The third-order valence-corrected chi connectivity index (χ3v) is 4.55. The summed E-state index contributed by atoms with van der Waals surface area (Å²) in [6, 6.07) is 8.54. The third kappa shape index (κ3) is 4.68. The van der Waals surface area contributed by atoms with E-state index in [1.807, 2.05) is 37.3 Å². The monoisotopic (exact) mass is 344 g/mol. The van der Waals surface area contributed by atoms with E-state index in [1.165, 1.54) is 0 Å². The van der Waals surface area contributed by atoms with Crippen molar-refractivity contribution in [1.82, 2.24) is 10.2 Å². The SMILES string of the molecule is C=CCCC(NC(=O)C1CC(=O)N(C(C)c2ccccc2)C1)C(=O)O. The lowest BCUT2D eigenvalue weighted by molar-refractivity contribution is -0.142. The Bertz CT molecular complexity index is 644. The molecule has 1 fully saturated rings. The van der Waals surface area contributed by atoms with Crippen LogP contribution in [0.2, 0.25) is 0 Å². The molecule has 1 saturated heterocycles. The standard InChI is InChI=1S/C19H24N2O4/c1-3-4-10-16(19(24)25)20-18(23)15-11-17(22)21(12-15)13(2)14-8-6-5-7-9-14/h3,5-9,13,15-16H,1,4,10-12H2,2H3,(H,20,23)(H,24,25). The van der Waals surface area contributed by atoms with Gasteiger partial charge in [0, 0.05) is 13.0 Å². The van der Waals surface area contributed by atoms with E-state index in [0.29, 0.717) is 13.0 Å². The largest absolute Gasteiger partial charge is 0.480 e. The summed E-state index contributed by atoms with van der Waals surface area (Å²) in [5.74, 6) is -2.07. The molecule has 0 saturated carbocycles. The van der Waals surface area contributed by atoms with E-state index in [1.54, 1.807) is 11.0 Å². The molecule has 2 rings (SSSR count). The minimum atomic E-state index is -1.07. The third-order valence-electron chi connectivity index (χ3n) is 4.55. The van der Waals surface area contributed by atoms with Crippen LogP contribution in [0.15, 0.2) is 43.0 Å². The molecule has 6 nitrogen and oxygen atoms in total. The van der Waals surface area contributed by atoms with Crippen LogP contribution in [0.3, 0.4) is 0 Å². The first-order chi connectivity index (χ1) is 11.9. The number of amides is 2. The van der Waals surface area contributed by atoms with Crippen LogP contribution in [0.1, 0.15) is 37.8 Å². The molecule has 6 heteroatoms. The molecule has 1 aliphatic heterocycles. The van der Waals surface area contributed by atoms with Gasteiger partial charge in [0.15, 0.2) is 0 Å². The molecule has 3 atom stereocenters. The topological polar surface area (TPSA) is 86.7 Å². The first kappa shape index (κ1) is 18.7. The van der Waals surface area contributed by atoms with Gasteiger partial charge in [-0.15, -0.1) is 6.58 Å². The van der Waals surface area contributed by atoms with E-state index in [0.717, 1.165) is 5.56 Å². The predicted octanol–water partition coefficient (Wildman–Crippen LogP) is 2.13. The van der Waals surface area contributed by atoms with Crippen LogP contribution < -0.4 is 5.32 Å². The van der Waals surface area contributed by atoms with Gasteiger partial charge >= 0.3 is 5.97 Å². The first-order valence-corrected chi connectivity index (χ1v) is 8.42. The molecule has 1 heterocycles. The lowest BCUT2D eigenvalue weighted by Gasteiger charge is -2.25. The van der Waals surface area contributed by atoms with Gasteiger partial charge in [-0.1, -0.05) is 36.4 Å². The summed E-state index contributed by atoms with van der Waals surface area (Å²) in [5.41, 5.74) is 1.01. The van der Waals surface area contributed by atoms with Crippen LogP contribution in [0.5, 0.6) is 0 Å². The van der Waals surface area contributed by atoms with Crippen LogP contribution in [0.4, 0.5) is 0 Å². The Morgan fingerprint density at radius 2 is 2.08 bits per heavy atom. The molecule has 0 spiro atoms. The highest BCUT2D eigenvalue weighted by Gasteiger charge is 2.38. The van der Waals surface area contributed by atoms with Crippen LogP contribution in [0.25, 0.3) is 0 Å². The fourth-order valence-corrected chi connectivity index (χ4v) is 3.02. The number of nitrogens with zero attached hydrogens (tertiary/aromatic N) is 1. The fourth-order valence-electron chi connectivity index (χ4n) is 3.02. The molecule has 0 radical (unpaired) electrons. The van der Waals surface area contributed by atoms with Gasteiger partial charge in [-0.3, -0.25) is 9.59 Å². The van der Waals surface area contributed by atoms with Gasteiger partial charge in [-0.25, -0.2) is 4.79 Å². The van der Waals surface area contributed by atoms with Crippen LogP contribution in [-0.2, 0) is 14.4 Å². The highest BCUT2D eigenvalue weighted by Crippen LogP contribution is 2.28. The lowest BCUT2D eigenvalue weighted by Crippen LogP contribution is -2.44. The number of nitrogens with one attached hydrogen (secondary N) is 1. The summed E-state index contributed by atoms with van der Waals surface area (Å²) in [6.45, 7) is 5.79. The number of carbonyl (C=O) groups excluding carboxylic acids is 2. The minimum Gasteiger partial charge on any atom is -0.480 e. The minimum absolute atomic E-state index is 0.0885. The molecular formula is C19H24N2O4. The van der Waals surface area contributed by atoms with Crippen LogP contribution in [-0.4, -0.2) is 40.4 Å². The Morgan fingerprint density at radius 1 is 1.40 bits per heavy atom. The van der Waals surface area contributed by atoms with Crippen LogP contribution in [0, 0.1) is 5.92 Å². The normalized spacial score (nSPS) is 19.3. The number of likely N-dealkylation sites (tertiary alicyclic amines) is 1. The highest BCUT2D eigenvalue weighted by atomic mass is 16.4. The maximum Gasteiger partial charge on any atom is 0.326 e. The van der Waals surface area contributed by atoms with Crippen molar-refractivity contribution in [3.05, 3.63) is 48.6 Å². The van der Waals surface area contributed by atoms with Crippen molar-refractivity contribution in [2.45, 2.75) is 38.3 Å². The maximum absolute atomic E-state index is 12.4. The van der Waals surface area contributed by atoms with E-state index in [9.17, 15) is 19.5 Å². The maximum atomic E-state index is 12.4. The Kier molecular flexibility index (Phi) is 6.33. The number of carboxylic acids is 1. The molecule has 1 aliphatic rings. The van der Waals surface area contributed by atoms with E-state index >= 15 is 0 Å². The summed E-state index contributed by atoms with van der Waals surface area (Å²) < 4.78 is 0. The summed E-state index contributed by atoms with van der Waals surface area (Å²) in [5, 5.41) is 11.8. The first-order valence-electron chi connectivity index (χ1n) is 8.42. The Hall–Kier alpha value is -2.63. The fraction of sp³-hybridized carbons (Fsp3) is 0.421. The van der Waals surface area contributed by atoms with E-state index in [-0.39, 0.29) is 30.7 Å². The molecule has 2 N–H and O–H groups in total. The van der Waals surface area contributed by atoms with Crippen molar-refractivity contribution < 1.29 is 19.5 Å². The van der Waals surface area contributed by atoms with Crippen molar-refractivity contribution in [3.8, 4) is 0 Å². The molecular weight excluding hydrogens is 320 g/mol. The number of rotatable bonds is 8. The highest BCUT2D eigenvalue weighted by molar-refractivity contribution is 5.91. The van der Waals surface area contributed by atoms with Gasteiger partial charge < -0.3 is 15.3 Å². The Morgan fingerprint density at radius 3 is 2.68 bits per heavy atom. The molecule has 25 heavy (non-hydrogen) atoms. The second-order valence-electron chi connectivity index (χ2n) is 6.30. The average Bonchev–Trinajstić information content (AvgIpc) is 3.00. The smallest absolute Gasteiger partial charge is 0.326 e. The second-order valence-corrected chi connectivity index (χ2v) is 6.30. The zero-order chi connectivity index (χ0) is 18.4. The molecule has 0 aliphatic carbocycles. The van der Waals surface area contributed by atoms with Gasteiger partial charge in [0.2, 0.25) is 11.8 Å². The molecule has 0 bridgehead atoms. The number of benzene rings is 1. The van der Waals surface area contributed by atoms with Gasteiger partial charge in [-0.2, -0.15) is 0 Å². The van der Waals surface area contributed by atoms with E-state index in [4.69, 9.17) is 0 Å². The van der Waals surface area contributed by atoms with Gasteiger partial charge in [0.1, 0.15) is 6.04 Å². The quantitative estimate of drug-likeness (QED) is 0.707. The summed E-state index contributed by atoms with van der Waals surface area (Å²) >= 11 is 0. The molecule has 0 aromatic heterocycles. The molecule has 134 valence electrons. The van der Waals surface area contributed by atoms with Gasteiger partial charge in [-0.05, 0) is 25.3 Å². The second kappa shape index (κ2) is 8.46. The molecule has 1 aromatic carbocycles. The number of hydrogen-bond acceptors (Lipinski definition) is 3. The molecule has 3 unspecified atom stereocenters. The number of aliphatic carboxylic acids is 1. The van der Waals surface area contributed by atoms with Crippen molar-refractivity contribution in [1.29, 1.82) is 0 Å². The Labute approximate surface area is 147 Å². The summed E-state index contributed by atoms with van der Waals surface area (Å²) in [7, 11) is 0.